The fourth-order valence-electron chi connectivity index (χ4n) is 2.46. The van der Waals surface area contributed by atoms with Gasteiger partial charge in [0.25, 0.3) is 0 Å². The molecule has 1 aromatic rings. The van der Waals surface area contributed by atoms with Gasteiger partial charge in [0.05, 0.1) is 12.3 Å². The van der Waals surface area contributed by atoms with Crippen LogP contribution in [0.2, 0.25) is 0 Å². The molecule has 0 radical (unpaired) electrons. The van der Waals surface area contributed by atoms with E-state index >= 15 is 0 Å². The fraction of sp³-hybridized carbons (Fsp3) is 0.750. The van der Waals surface area contributed by atoms with Crippen molar-refractivity contribution < 1.29 is 4.42 Å². The Morgan fingerprint density at radius 2 is 1.79 bits per heavy atom. The van der Waals surface area contributed by atoms with Crippen molar-refractivity contribution in [2.24, 2.45) is 5.73 Å². The Balaban J connectivity index is 2.82. The summed E-state index contributed by atoms with van der Waals surface area (Å²) in [6, 6.07) is 4.38. The van der Waals surface area contributed by atoms with Crippen LogP contribution in [0.25, 0.3) is 0 Å². The van der Waals surface area contributed by atoms with Crippen LogP contribution in [0.5, 0.6) is 0 Å². The molecule has 0 aliphatic carbocycles. The first-order valence-corrected chi connectivity index (χ1v) is 7.77. The molecule has 2 N–H and O–H groups in total. The lowest BCUT2D eigenvalue weighted by molar-refractivity contribution is 0.143. The van der Waals surface area contributed by atoms with Gasteiger partial charge >= 0.3 is 0 Å². The van der Waals surface area contributed by atoms with Crippen molar-refractivity contribution in [1.82, 2.24) is 4.90 Å². The Morgan fingerprint density at radius 3 is 2.21 bits per heavy atom. The van der Waals surface area contributed by atoms with Gasteiger partial charge in [-0.1, -0.05) is 33.6 Å². The second-order valence-corrected chi connectivity index (χ2v) is 5.28. The van der Waals surface area contributed by atoms with E-state index in [1.54, 1.807) is 6.26 Å². The molecule has 3 heteroatoms. The molecule has 1 heterocycles. The van der Waals surface area contributed by atoms with Crippen molar-refractivity contribution in [2.75, 3.05) is 13.1 Å². The molecule has 0 fully saturated rings. The number of hydrogen-bond acceptors (Lipinski definition) is 3. The Bertz CT molecular complexity index is 303. The second kappa shape index (κ2) is 9.16. The summed E-state index contributed by atoms with van der Waals surface area (Å²) in [5.74, 6) is 1.02. The third kappa shape index (κ3) is 5.00. The highest BCUT2D eigenvalue weighted by atomic mass is 16.3. The topological polar surface area (TPSA) is 42.4 Å². The van der Waals surface area contributed by atoms with Crippen LogP contribution in [0.4, 0.5) is 0 Å². The maximum absolute atomic E-state index is 6.35. The number of unbranched alkanes of at least 4 members (excludes halogenated alkanes) is 2. The van der Waals surface area contributed by atoms with Crippen LogP contribution in [0.15, 0.2) is 22.8 Å². The van der Waals surface area contributed by atoms with Crippen LogP contribution in [-0.4, -0.2) is 24.0 Å². The normalized spacial score (nSPS) is 14.8. The molecule has 1 aromatic heterocycles. The number of furan rings is 1. The van der Waals surface area contributed by atoms with Crippen molar-refractivity contribution in [3.8, 4) is 0 Å². The molecule has 19 heavy (non-hydrogen) atoms. The van der Waals surface area contributed by atoms with E-state index in [9.17, 15) is 0 Å². The largest absolute Gasteiger partial charge is 0.468 e. The number of rotatable bonds is 10. The van der Waals surface area contributed by atoms with E-state index in [4.69, 9.17) is 10.2 Å². The van der Waals surface area contributed by atoms with Crippen molar-refractivity contribution in [3.63, 3.8) is 0 Å². The molecule has 0 amide bonds. The molecule has 3 nitrogen and oxygen atoms in total. The van der Waals surface area contributed by atoms with Gasteiger partial charge in [-0.25, -0.2) is 0 Å². The summed E-state index contributed by atoms with van der Waals surface area (Å²) in [6.45, 7) is 8.84. The van der Waals surface area contributed by atoms with Gasteiger partial charge in [-0.15, -0.1) is 0 Å². The SMILES string of the molecule is CCCCN(CCCC)C(c1ccco1)C(N)CC. The Hall–Kier alpha value is -0.800. The minimum absolute atomic E-state index is 0.139. The Morgan fingerprint density at radius 1 is 1.16 bits per heavy atom. The number of nitrogens with zero attached hydrogens (tertiary/aromatic N) is 1. The van der Waals surface area contributed by atoms with Gasteiger partial charge in [0.1, 0.15) is 5.76 Å². The van der Waals surface area contributed by atoms with Crippen LogP contribution < -0.4 is 5.73 Å². The van der Waals surface area contributed by atoms with E-state index in [0.29, 0.717) is 0 Å². The van der Waals surface area contributed by atoms with Crippen molar-refractivity contribution in [3.05, 3.63) is 24.2 Å². The maximum atomic E-state index is 6.35. The molecule has 0 aromatic carbocycles. The lowest BCUT2D eigenvalue weighted by atomic mass is 10.0. The van der Waals surface area contributed by atoms with Crippen molar-refractivity contribution in [2.45, 2.75) is 65.0 Å². The van der Waals surface area contributed by atoms with Gasteiger partial charge in [-0.3, -0.25) is 4.90 Å². The molecule has 0 bridgehead atoms. The molecule has 0 aliphatic rings. The van der Waals surface area contributed by atoms with Gasteiger partial charge in [0.15, 0.2) is 0 Å². The Kier molecular flexibility index (Phi) is 7.84. The highest BCUT2D eigenvalue weighted by molar-refractivity contribution is 5.08. The summed E-state index contributed by atoms with van der Waals surface area (Å²) < 4.78 is 5.64. The monoisotopic (exact) mass is 266 g/mol. The second-order valence-electron chi connectivity index (χ2n) is 5.28. The van der Waals surface area contributed by atoms with Crippen LogP contribution in [0, 0.1) is 0 Å². The zero-order valence-electron chi connectivity index (χ0n) is 12.8. The minimum atomic E-state index is 0.139. The fourth-order valence-corrected chi connectivity index (χ4v) is 2.46. The molecule has 0 saturated carbocycles. The summed E-state index contributed by atoms with van der Waals surface area (Å²) in [4.78, 5) is 2.51. The zero-order chi connectivity index (χ0) is 14.1. The molecule has 1 rings (SSSR count). The first-order chi connectivity index (χ1) is 9.24. The average Bonchev–Trinajstić information content (AvgIpc) is 2.94. The van der Waals surface area contributed by atoms with E-state index in [1.807, 2.05) is 6.07 Å². The third-order valence-electron chi connectivity index (χ3n) is 3.70. The zero-order valence-corrected chi connectivity index (χ0v) is 12.8. The van der Waals surface area contributed by atoms with Crippen LogP contribution in [-0.2, 0) is 0 Å². The lowest BCUT2D eigenvalue weighted by Crippen LogP contribution is -2.41. The van der Waals surface area contributed by atoms with E-state index in [0.717, 1.165) is 25.3 Å². The summed E-state index contributed by atoms with van der Waals surface area (Å²) in [5.41, 5.74) is 6.35. The molecule has 2 unspecified atom stereocenters. The van der Waals surface area contributed by atoms with Gasteiger partial charge in [0, 0.05) is 6.04 Å². The van der Waals surface area contributed by atoms with E-state index in [1.165, 1.54) is 25.7 Å². The number of hydrogen-bond donors (Lipinski definition) is 1. The predicted molar refractivity (Wildman–Crippen MR) is 81.1 cm³/mol. The predicted octanol–water partition coefficient (Wildman–Crippen LogP) is 3.96. The van der Waals surface area contributed by atoms with E-state index < -0.39 is 0 Å². The van der Waals surface area contributed by atoms with Crippen molar-refractivity contribution in [1.29, 1.82) is 0 Å². The number of nitrogens with two attached hydrogens (primary N) is 1. The van der Waals surface area contributed by atoms with Gasteiger partial charge in [-0.05, 0) is 44.5 Å². The van der Waals surface area contributed by atoms with Crippen molar-refractivity contribution >= 4 is 0 Å². The highest BCUT2D eigenvalue weighted by Gasteiger charge is 2.27. The summed E-state index contributed by atoms with van der Waals surface area (Å²) in [5, 5.41) is 0. The molecule has 2 atom stereocenters. The summed E-state index contributed by atoms with van der Waals surface area (Å²) >= 11 is 0. The van der Waals surface area contributed by atoms with E-state index in [2.05, 4.69) is 31.7 Å². The third-order valence-corrected chi connectivity index (χ3v) is 3.70. The van der Waals surface area contributed by atoms with Gasteiger partial charge < -0.3 is 10.2 Å². The van der Waals surface area contributed by atoms with Gasteiger partial charge in [-0.2, -0.15) is 0 Å². The summed E-state index contributed by atoms with van der Waals surface area (Å²) in [7, 11) is 0. The molecule has 0 spiro atoms. The quantitative estimate of drug-likeness (QED) is 0.697. The highest BCUT2D eigenvalue weighted by Crippen LogP contribution is 2.26. The molecule has 0 saturated heterocycles. The van der Waals surface area contributed by atoms with Gasteiger partial charge in [0.2, 0.25) is 0 Å². The van der Waals surface area contributed by atoms with Crippen LogP contribution in [0.1, 0.15) is 64.7 Å². The molecule has 0 aliphatic heterocycles. The van der Waals surface area contributed by atoms with Crippen LogP contribution >= 0.6 is 0 Å². The molecule has 110 valence electrons. The average molecular weight is 266 g/mol. The van der Waals surface area contributed by atoms with E-state index in [-0.39, 0.29) is 12.1 Å². The first-order valence-electron chi connectivity index (χ1n) is 7.77. The molecular weight excluding hydrogens is 236 g/mol. The van der Waals surface area contributed by atoms with Crippen LogP contribution in [0.3, 0.4) is 0 Å². The Labute approximate surface area is 118 Å². The molecular formula is C16H30N2O. The smallest absolute Gasteiger partial charge is 0.122 e. The summed E-state index contributed by atoms with van der Waals surface area (Å²) in [6.07, 6.45) is 7.60. The lowest BCUT2D eigenvalue weighted by Gasteiger charge is -2.34. The first kappa shape index (κ1) is 16.3. The minimum Gasteiger partial charge on any atom is -0.468 e. The standard InChI is InChI=1S/C16H30N2O/c1-4-7-11-18(12-8-5-2)16(14(17)6-3)15-10-9-13-19-15/h9-10,13-14,16H,4-8,11-12,17H2,1-3H3. The maximum Gasteiger partial charge on any atom is 0.122 e.